The molecule has 2 aliphatic rings. The van der Waals surface area contributed by atoms with Crippen molar-refractivity contribution in [2.24, 2.45) is 4.99 Å². The maximum atomic E-state index is 13.9. The van der Waals surface area contributed by atoms with E-state index in [0.29, 0.717) is 0 Å². The molecular formula is C20H19F3N4O4. The van der Waals surface area contributed by atoms with Gasteiger partial charge in [0.25, 0.3) is 0 Å². The van der Waals surface area contributed by atoms with Gasteiger partial charge < -0.3 is 9.84 Å². The number of hydrogen-bond donors (Lipinski definition) is 1. The largest absolute Gasteiger partial charge is 0.478 e. The van der Waals surface area contributed by atoms with Gasteiger partial charge in [0.15, 0.2) is 5.69 Å². The van der Waals surface area contributed by atoms with Crippen LogP contribution < -0.4 is 0 Å². The zero-order valence-corrected chi connectivity index (χ0v) is 16.9. The van der Waals surface area contributed by atoms with E-state index in [0.717, 1.165) is 9.58 Å². The molecular weight excluding hydrogens is 417 g/mol. The van der Waals surface area contributed by atoms with E-state index in [2.05, 4.69) is 10.1 Å². The first kappa shape index (κ1) is 20.9. The van der Waals surface area contributed by atoms with Crippen molar-refractivity contribution in [2.75, 3.05) is 6.54 Å². The van der Waals surface area contributed by atoms with Gasteiger partial charge in [0.1, 0.15) is 11.4 Å². The van der Waals surface area contributed by atoms with E-state index in [-0.39, 0.29) is 41.3 Å². The van der Waals surface area contributed by atoms with Crippen molar-refractivity contribution < 1.29 is 32.6 Å². The molecule has 2 bridgehead atoms. The van der Waals surface area contributed by atoms with Crippen LogP contribution in [0.3, 0.4) is 0 Å². The van der Waals surface area contributed by atoms with E-state index < -0.39 is 35.6 Å². The van der Waals surface area contributed by atoms with Crippen LogP contribution in [0.2, 0.25) is 0 Å². The quantitative estimate of drug-likeness (QED) is 0.777. The second kappa shape index (κ2) is 6.82. The number of aliphatic imine (C=N–C) groups is 1. The number of carboxylic acid groups (broad SMARTS) is 1. The van der Waals surface area contributed by atoms with Crippen molar-refractivity contribution in [3.05, 3.63) is 46.8 Å². The molecule has 8 nitrogen and oxygen atoms in total. The third-order valence-electron chi connectivity index (χ3n) is 4.88. The molecule has 164 valence electrons. The summed E-state index contributed by atoms with van der Waals surface area (Å²) in [6, 6.07) is 4.98. The van der Waals surface area contributed by atoms with Crippen molar-refractivity contribution in [3.63, 3.8) is 0 Å². The average Bonchev–Trinajstić information content (AvgIpc) is 3.18. The Morgan fingerprint density at radius 1 is 1.23 bits per heavy atom. The van der Waals surface area contributed by atoms with Gasteiger partial charge >= 0.3 is 18.2 Å². The van der Waals surface area contributed by atoms with Gasteiger partial charge in [-0.1, -0.05) is 6.07 Å². The van der Waals surface area contributed by atoms with Gasteiger partial charge in [0, 0.05) is 6.42 Å². The Morgan fingerprint density at radius 3 is 2.55 bits per heavy atom. The summed E-state index contributed by atoms with van der Waals surface area (Å²) in [6.45, 7) is 5.13. The summed E-state index contributed by atoms with van der Waals surface area (Å²) in [5, 5.41) is 13.0. The molecule has 1 atom stereocenters. The SMILES string of the molecule is CC(C)(C)OC(=O)N1C2=NCC1Cc1c2c(C(F)(F)F)nn1-c1cccc(C(=O)O)c1. The summed E-state index contributed by atoms with van der Waals surface area (Å²) in [7, 11) is 0. The third-order valence-corrected chi connectivity index (χ3v) is 4.88. The predicted molar refractivity (Wildman–Crippen MR) is 102 cm³/mol. The Bertz CT molecular complexity index is 1110. The van der Waals surface area contributed by atoms with Crippen molar-refractivity contribution in [1.82, 2.24) is 14.7 Å². The molecule has 1 aromatic heterocycles. The van der Waals surface area contributed by atoms with Crippen LogP contribution in [0, 0.1) is 0 Å². The highest BCUT2D eigenvalue weighted by atomic mass is 19.4. The number of carbonyl (C=O) groups excluding carboxylic acids is 1. The number of halogens is 3. The lowest BCUT2D eigenvalue weighted by Gasteiger charge is -2.32. The Kier molecular flexibility index (Phi) is 4.60. The first-order valence-corrected chi connectivity index (χ1v) is 9.46. The van der Waals surface area contributed by atoms with Crippen LogP contribution >= 0.6 is 0 Å². The molecule has 1 N–H and O–H groups in total. The molecule has 0 aliphatic carbocycles. The minimum Gasteiger partial charge on any atom is -0.478 e. The van der Waals surface area contributed by atoms with Crippen LogP contribution in [0.5, 0.6) is 0 Å². The number of aromatic nitrogens is 2. The van der Waals surface area contributed by atoms with E-state index >= 15 is 0 Å². The van der Waals surface area contributed by atoms with Crippen LogP contribution in [0.4, 0.5) is 18.0 Å². The van der Waals surface area contributed by atoms with Crippen LogP contribution in [0.15, 0.2) is 29.3 Å². The van der Waals surface area contributed by atoms with E-state index in [1.807, 2.05) is 0 Å². The lowest BCUT2D eigenvalue weighted by molar-refractivity contribution is -0.141. The molecule has 0 saturated heterocycles. The number of carboxylic acids is 1. The topological polar surface area (TPSA) is 97.0 Å². The standard InChI is InChI=1S/C20H19F3N4O4/c1-19(2,3)31-18(30)26-12-8-13-14(16(26)24-9-12)15(20(21,22)23)25-27(13)11-6-4-5-10(7-11)17(28)29/h4-7,12H,8-9H2,1-3H3,(H,28,29). The van der Waals surface area contributed by atoms with Gasteiger partial charge in [-0.2, -0.15) is 18.3 Å². The molecule has 1 unspecified atom stereocenters. The van der Waals surface area contributed by atoms with Crippen molar-refractivity contribution in [2.45, 2.75) is 45.0 Å². The lowest BCUT2D eigenvalue weighted by atomic mass is 9.99. The highest BCUT2D eigenvalue weighted by molar-refractivity contribution is 6.10. The molecule has 1 aromatic carbocycles. The smallest absolute Gasteiger partial charge is 0.435 e. The van der Waals surface area contributed by atoms with Gasteiger partial charge in [0.2, 0.25) is 0 Å². The van der Waals surface area contributed by atoms with Gasteiger partial charge in [0.05, 0.1) is 35.1 Å². The van der Waals surface area contributed by atoms with Crippen LogP contribution in [0.1, 0.15) is 48.1 Å². The second-order valence-corrected chi connectivity index (χ2v) is 8.31. The van der Waals surface area contributed by atoms with Gasteiger partial charge in [-0.05, 0) is 39.0 Å². The van der Waals surface area contributed by atoms with Gasteiger partial charge in [-0.15, -0.1) is 0 Å². The van der Waals surface area contributed by atoms with Gasteiger partial charge in [-0.25, -0.2) is 14.3 Å². The number of fused-ring (bicyclic) bond motifs is 4. The number of hydrogen-bond acceptors (Lipinski definition) is 5. The molecule has 0 saturated carbocycles. The van der Waals surface area contributed by atoms with Crippen LogP contribution in [-0.4, -0.2) is 55.9 Å². The van der Waals surface area contributed by atoms with Crippen molar-refractivity contribution >= 4 is 17.9 Å². The van der Waals surface area contributed by atoms with Crippen LogP contribution in [0.25, 0.3) is 5.69 Å². The third kappa shape index (κ3) is 3.64. The Balaban J connectivity index is 1.85. The Hall–Kier alpha value is -3.37. The number of alkyl halides is 3. The predicted octanol–water partition coefficient (Wildman–Crippen LogP) is 3.51. The zero-order valence-electron chi connectivity index (χ0n) is 16.9. The number of ether oxygens (including phenoxy) is 1. The number of carbonyl (C=O) groups is 2. The number of rotatable bonds is 2. The highest BCUT2D eigenvalue weighted by Crippen LogP contribution is 2.40. The Morgan fingerprint density at radius 2 is 1.94 bits per heavy atom. The highest BCUT2D eigenvalue weighted by Gasteiger charge is 2.49. The average molecular weight is 436 g/mol. The summed E-state index contributed by atoms with van der Waals surface area (Å²) in [6.07, 6.45) is -5.52. The fourth-order valence-corrected chi connectivity index (χ4v) is 3.71. The molecule has 0 fully saturated rings. The van der Waals surface area contributed by atoms with Gasteiger partial charge in [-0.3, -0.25) is 9.89 Å². The first-order valence-electron chi connectivity index (χ1n) is 9.46. The zero-order chi connectivity index (χ0) is 22.7. The fraction of sp³-hybridized carbons (Fsp3) is 0.400. The summed E-state index contributed by atoms with van der Waals surface area (Å²) >= 11 is 0. The molecule has 0 radical (unpaired) electrons. The number of amidine groups is 1. The fourth-order valence-electron chi connectivity index (χ4n) is 3.71. The van der Waals surface area contributed by atoms with E-state index in [4.69, 9.17) is 4.74 Å². The maximum absolute atomic E-state index is 13.9. The van der Waals surface area contributed by atoms with Crippen molar-refractivity contribution in [1.29, 1.82) is 0 Å². The number of benzene rings is 1. The van der Waals surface area contributed by atoms with Crippen LogP contribution in [-0.2, 0) is 17.3 Å². The monoisotopic (exact) mass is 436 g/mol. The Labute approximate surface area is 174 Å². The molecule has 2 aliphatic heterocycles. The molecule has 3 heterocycles. The number of aromatic carboxylic acids is 1. The summed E-state index contributed by atoms with van der Waals surface area (Å²) in [5.74, 6) is -1.34. The summed E-state index contributed by atoms with van der Waals surface area (Å²) in [5.41, 5.74) is -1.98. The normalized spacial score (nSPS) is 17.9. The molecule has 1 amide bonds. The lowest BCUT2D eigenvalue weighted by Crippen LogP contribution is -2.49. The first-order chi connectivity index (χ1) is 14.4. The van der Waals surface area contributed by atoms with E-state index in [9.17, 15) is 27.9 Å². The maximum Gasteiger partial charge on any atom is 0.435 e. The molecule has 11 heteroatoms. The van der Waals surface area contributed by atoms with E-state index in [1.54, 1.807) is 20.8 Å². The minimum atomic E-state index is -4.81. The summed E-state index contributed by atoms with van der Waals surface area (Å²) in [4.78, 5) is 29.3. The molecule has 2 aromatic rings. The second-order valence-electron chi connectivity index (χ2n) is 8.31. The summed E-state index contributed by atoms with van der Waals surface area (Å²) < 4.78 is 48.1. The van der Waals surface area contributed by atoms with E-state index in [1.165, 1.54) is 24.3 Å². The number of nitrogens with zero attached hydrogens (tertiary/aromatic N) is 4. The van der Waals surface area contributed by atoms with Crippen molar-refractivity contribution in [3.8, 4) is 5.69 Å². The minimum absolute atomic E-state index is 0.0575. The molecule has 0 spiro atoms. The molecule has 31 heavy (non-hydrogen) atoms. The molecule has 4 rings (SSSR count). The number of amides is 1.